The topological polar surface area (TPSA) is 81.9 Å². The number of nitrogens with zero attached hydrogens (tertiary/aromatic N) is 5. The number of aromatic nitrogens is 4. The third-order valence-corrected chi connectivity index (χ3v) is 6.19. The van der Waals surface area contributed by atoms with Crippen LogP contribution in [0.1, 0.15) is 19.8 Å². The number of hydrogen-bond donors (Lipinski definition) is 0. The molecule has 1 saturated heterocycles. The van der Waals surface area contributed by atoms with Crippen molar-refractivity contribution in [1.82, 2.24) is 19.6 Å². The largest absolute Gasteiger partial charge is 0.496 e. The molecule has 8 nitrogen and oxygen atoms in total. The zero-order valence-electron chi connectivity index (χ0n) is 18.5. The Hall–Kier alpha value is -3.39. The number of hydrogen-bond acceptors (Lipinski definition) is 7. The molecule has 33 heavy (non-hydrogen) atoms. The van der Waals surface area contributed by atoms with Crippen molar-refractivity contribution in [2.75, 3.05) is 31.7 Å². The minimum absolute atomic E-state index is 0.170. The van der Waals surface area contributed by atoms with Crippen LogP contribution < -0.4 is 9.64 Å². The van der Waals surface area contributed by atoms with E-state index >= 15 is 0 Å². The standard InChI is InChI=1S/C24H24ClN5O3/c1-3-33-23(31)15-7-6-12-29(14-15)24-26-19-13-16(25)10-11-17(19)21-27-28-22(30(21)24)18-8-4-5-9-20(18)32-2/h4-5,8-11,13,15H,3,6-7,12,14H2,1-2H3. The summed E-state index contributed by atoms with van der Waals surface area (Å²) in [6.45, 7) is 3.47. The number of methoxy groups -OCH3 is 1. The van der Waals surface area contributed by atoms with Gasteiger partial charge in [-0.25, -0.2) is 9.38 Å². The number of piperidine rings is 1. The molecule has 5 rings (SSSR count). The highest BCUT2D eigenvalue weighted by Crippen LogP contribution is 2.34. The second-order valence-corrected chi connectivity index (χ2v) is 8.43. The zero-order chi connectivity index (χ0) is 22.9. The van der Waals surface area contributed by atoms with Crippen LogP contribution in [0, 0.1) is 5.92 Å². The van der Waals surface area contributed by atoms with Crippen molar-refractivity contribution in [3.8, 4) is 17.1 Å². The van der Waals surface area contributed by atoms with Crippen molar-refractivity contribution >= 4 is 40.1 Å². The molecule has 1 atom stereocenters. The predicted octanol–water partition coefficient (Wildman–Crippen LogP) is 4.39. The summed E-state index contributed by atoms with van der Waals surface area (Å²) in [5.41, 5.74) is 2.20. The maximum Gasteiger partial charge on any atom is 0.310 e. The Labute approximate surface area is 196 Å². The Morgan fingerprint density at radius 3 is 2.88 bits per heavy atom. The van der Waals surface area contributed by atoms with E-state index in [1.54, 1.807) is 7.11 Å². The molecule has 1 aliphatic heterocycles. The first-order valence-electron chi connectivity index (χ1n) is 11.0. The Bertz CT molecular complexity index is 1340. The van der Waals surface area contributed by atoms with Gasteiger partial charge in [0.2, 0.25) is 5.95 Å². The molecular formula is C24H24ClN5O3. The Balaban J connectivity index is 1.72. The van der Waals surface area contributed by atoms with Gasteiger partial charge < -0.3 is 14.4 Å². The van der Waals surface area contributed by atoms with Gasteiger partial charge in [-0.15, -0.1) is 10.2 Å². The van der Waals surface area contributed by atoms with Crippen molar-refractivity contribution < 1.29 is 14.3 Å². The third kappa shape index (κ3) is 3.84. The van der Waals surface area contributed by atoms with Crippen molar-refractivity contribution in [3.05, 3.63) is 47.5 Å². The molecule has 3 heterocycles. The summed E-state index contributed by atoms with van der Waals surface area (Å²) in [5.74, 6) is 1.60. The minimum atomic E-state index is -0.211. The van der Waals surface area contributed by atoms with Gasteiger partial charge >= 0.3 is 5.97 Å². The van der Waals surface area contributed by atoms with Crippen molar-refractivity contribution in [3.63, 3.8) is 0 Å². The molecule has 1 unspecified atom stereocenters. The number of rotatable bonds is 5. The molecule has 2 aromatic heterocycles. The van der Waals surface area contributed by atoms with Gasteiger partial charge in [-0.3, -0.25) is 4.79 Å². The molecule has 0 amide bonds. The highest BCUT2D eigenvalue weighted by atomic mass is 35.5. The smallest absolute Gasteiger partial charge is 0.310 e. The molecule has 4 aromatic rings. The fourth-order valence-electron chi connectivity index (χ4n) is 4.42. The van der Waals surface area contributed by atoms with Gasteiger partial charge in [0.05, 0.1) is 30.7 Å². The number of benzene rings is 2. The van der Waals surface area contributed by atoms with Crippen LogP contribution in [0.25, 0.3) is 27.9 Å². The van der Waals surface area contributed by atoms with Crippen LogP contribution in [-0.4, -0.2) is 52.4 Å². The molecule has 0 aliphatic carbocycles. The SMILES string of the molecule is CCOC(=O)C1CCCN(c2nc3cc(Cl)ccc3c3nnc(-c4ccccc4OC)n23)C1. The summed E-state index contributed by atoms with van der Waals surface area (Å²) in [4.78, 5) is 19.6. The second kappa shape index (κ2) is 8.86. The summed E-state index contributed by atoms with van der Waals surface area (Å²) in [6, 6.07) is 13.2. The lowest BCUT2D eigenvalue weighted by Crippen LogP contribution is -2.40. The molecule has 0 saturated carbocycles. The van der Waals surface area contributed by atoms with E-state index in [1.165, 1.54) is 0 Å². The Kier molecular flexibility index (Phi) is 5.76. The number of anilines is 1. The fraction of sp³-hybridized carbons (Fsp3) is 0.333. The minimum Gasteiger partial charge on any atom is -0.496 e. The summed E-state index contributed by atoms with van der Waals surface area (Å²) in [7, 11) is 1.63. The maximum atomic E-state index is 12.5. The van der Waals surface area contributed by atoms with E-state index in [0.29, 0.717) is 41.3 Å². The van der Waals surface area contributed by atoms with Gasteiger partial charge in [-0.2, -0.15) is 0 Å². The van der Waals surface area contributed by atoms with Gasteiger partial charge in [0.1, 0.15) is 5.75 Å². The Morgan fingerprint density at radius 2 is 2.06 bits per heavy atom. The van der Waals surface area contributed by atoms with Crippen LogP contribution in [-0.2, 0) is 9.53 Å². The van der Waals surface area contributed by atoms with Gasteiger partial charge in [0.15, 0.2) is 11.5 Å². The van der Waals surface area contributed by atoms with Crippen LogP contribution >= 0.6 is 11.6 Å². The van der Waals surface area contributed by atoms with Gasteiger partial charge in [0.25, 0.3) is 0 Å². The van der Waals surface area contributed by atoms with Gasteiger partial charge in [0, 0.05) is 23.5 Å². The van der Waals surface area contributed by atoms with Gasteiger partial charge in [-0.05, 0) is 50.1 Å². The first-order valence-corrected chi connectivity index (χ1v) is 11.4. The van der Waals surface area contributed by atoms with E-state index in [-0.39, 0.29) is 11.9 Å². The van der Waals surface area contributed by atoms with E-state index in [0.717, 1.165) is 35.9 Å². The second-order valence-electron chi connectivity index (χ2n) is 7.99. The van der Waals surface area contributed by atoms with Crippen LogP contribution in [0.4, 0.5) is 5.95 Å². The highest BCUT2D eigenvalue weighted by Gasteiger charge is 2.30. The average Bonchev–Trinajstić information content (AvgIpc) is 3.28. The van der Waals surface area contributed by atoms with Crippen LogP contribution in [0.15, 0.2) is 42.5 Å². The van der Waals surface area contributed by atoms with Crippen LogP contribution in [0.5, 0.6) is 5.75 Å². The number of halogens is 1. The van der Waals surface area contributed by atoms with Crippen molar-refractivity contribution in [1.29, 1.82) is 0 Å². The number of carbonyl (C=O) groups excluding carboxylic acids is 1. The zero-order valence-corrected chi connectivity index (χ0v) is 19.2. The van der Waals surface area contributed by atoms with E-state index in [1.807, 2.05) is 53.8 Å². The van der Waals surface area contributed by atoms with E-state index < -0.39 is 0 Å². The number of carbonyl (C=O) groups is 1. The molecule has 0 spiro atoms. The number of para-hydroxylation sites is 1. The lowest BCUT2D eigenvalue weighted by Gasteiger charge is -2.32. The van der Waals surface area contributed by atoms with Crippen LogP contribution in [0.2, 0.25) is 5.02 Å². The first kappa shape index (κ1) is 21.5. The molecule has 170 valence electrons. The normalized spacial score (nSPS) is 16.3. The number of esters is 1. The number of fused-ring (bicyclic) bond motifs is 3. The molecule has 0 N–H and O–H groups in total. The Morgan fingerprint density at radius 1 is 1.21 bits per heavy atom. The molecule has 1 fully saturated rings. The summed E-state index contributed by atoms with van der Waals surface area (Å²) in [5, 5.41) is 10.5. The number of ether oxygens (including phenoxy) is 2. The molecule has 2 aromatic carbocycles. The lowest BCUT2D eigenvalue weighted by molar-refractivity contribution is -0.148. The molecule has 0 bridgehead atoms. The van der Waals surface area contributed by atoms with Crippen molar-refractivity contribution in [2.24, 2.45) is 5.92 Å². The van der Waals surface area contributed by atoms with E-state index in [9.17, 15) is 4.79 Å². The highest BCUT2D eigenvalue weighted by molar-refractivity contribution is 6.31. The summed E-state index contributed by atoms with van der Waals surface area (Å²) in [6.07, 6.45) is 1.64. The maximum absolute atomic E-state index is 12.5. The molecule has 1 aliphatic rings. The predicted molar refractivity (Wildman–Crippen MR) is 127 cm³/mol. The van der Waals surface area contributed by atoms with E-state index in [4.69, 9.17) is 26.1 Å². The quantitative estimate of drug-likeness (QED) is 0.404. The molecule has 9 heteroatoms. The average molecular weight is 466 g/mol. The molecular weight excluding hydrogens is 442 g/mol. The van der Waals surface area contributed by atoms with Gasteiger partial charge in [-0.1, -0.05) is 23.7 Å². The van der Waals surface area contributed by atoms with Crippen molar-refractivity contribution in [2.45, 2.75) is 19.8 Å². The lowest BCUT2D eigenvalue weighted by atomic mass is 9.98. The van der Waals surface area contributed by atoms with E-state index in [2.05, 4.69) is 15.1 Å². The monoisotopic (exact) mass is 465 g/mol. The third-order valence-electron chi connectivity index (χ3n) is 5.96. The fourth-order valence-corrected chi connectivity index (χ4v) is 4.59. The summed E-state index contributed by atoms with van der Waals surface area (Å²) >= 11 is 6.27. The first-order chi connectivity index (χ1) is 16.1. The summed E-state index contributed by atoms with van der Waals surface area (Å²) < 4.78 is 12.8. The molecule has 0 radical (unpaired) electrons. The van der Waals surface area contributed by atoms with Crippen LogP contribution in [0.3, 0.4) is 0 Å².